The van der Waals surface area contributed by atoms with Crippen molar-refractivity contribution in [2.24, 2.45) is 0 Å². The highest BCUT2D eigenvalue weighted by Gasteiger charge is 2.20. The average Bonchev–Trinajstić information content (AvgIpc) is 3.16. The average molecular weight is 360 g/mol. The molecule has 1 saturated heterocycles. The summed E-state index contributed by atoms with van der Waals surface area (Å²) in [5.41, 5.74) is 2.14. The SMILES string of the molecule is Brc1ccn2cc(CN3CCC(n4ccnc4)CC3)nc2c1. The van der Waals surface area contributed by atoms with E-state index in [2.05, 4.69) is 53.2 Å². The molecule has 114 valence electrons. The van der Waals surface area contributed by atoms with Gasteiger partial charge in [0.15, 0.2) is 0 Å². The van der Waals surface area contributed by atoms with Crippen LogP contribution in [-0.4, -0.2) is 36.9 Å². The van der Waals surface area contributed by atoms with Crippen molar-refractivity contribution in [1.82, 2.24) is 23.8 Å². The largest absolute Gasteiger partial charge is 0.334 e. The number of hydrogen-bond acceptors (Lipinski definition) is 3. The fraction of sp³-hybridized carbons (Fsp3) is 0.375. The first-order chi connectivity index (χ1) is 10.8. The van der Waals surface area contributed by atoms with Crippen molar-refractivity contribution in [1.29, 1.82) is 0 Å². The van der Waals surface area contributed by atoms with Gasteiger partial charge in [0.1, 0.15) is 5.65 Å². The molecule has 22 heavy (non-hydrogen) atoms. The van der Waals surface area contributed by atoms with E-state index in [-0.39, 0.29) is 0 Å². The quantitative estimate of drug-likeness (QED) is 0.720. The van der Waals surface area contributed by atoms with Crippen LogP contribution in [0.4, 0.5) is 0 Å². The van der Waals surface area contributed by atoms with E-state index in [0.29, 0.717) is 6.04 Å². The molecule has 0 radical (unpaired) electrons. The molecule has 0 atom stereocenters. The summed E-state index contributed by atoms with van der Waals surface area (Å²) in [5, 5.41) is 0. The van der Waals surface area contributed by atoms with E-state index in [1.54, 1.807) is 0 Å². The lowest BCUT2D eigenvalue weighted by Gasteiger charge is -2.31. The number of piperidine rings is 1. The van der Waals surface area contributed by atoms with Crippen LogP contribution in [0.15, 0.2) is 47.7 Å². The number of imidazole rings is 2. The van der Waals surface area contributed by atoms with Crippen LogP contribution < -0.4 is 0 Å². The van der Waals surface area contributed by atoms with E-state index >= 15 is 0 Å². The van der Waals surface area contributed by atoms with Crippen molar-refractivity contribution in [2.75, 3.05) is 13.1 Å². The lowest BCUT2D eigenvalue weighted by molar-refractivity contribution is 0.178. The van der Waals surface area contributed by atoms with Crippen molar-refractivity contribution in [3.05, 3.63) is 53.4 Å². The van der Waals surface area contributed by atoms with Crippen molar-refractivity contribution in [3.63, 3.8) is 0 Å². The number of fused-ring (bicyclic) bond motifs is 1. The minimum absolute atomic E-state index is 0.593. The van der Waals surface area contributed by atoms with E-state index in [1.165, 1.54) is 12.8 Å². The Balaban J connectivity index is 1.41. The van der Waals surface area contributed by atoms with E-state index in [1.807, 2.05) is 24.8 Å². The first kappa shape index (κ1) is 14.0. The fourth-order valence-corrected chi connectivity index (χ4v) is 3.50. The summed E-state index contributed by atoms with van der Waals surface area (Å²) in [4.78, 5) is 11.4. The van der Waals surface area contributed by atoms with Gasteiger partial charge in [-0.25, -0.2) is 9.97 Å². The van der Waals surface area contributed by atoms with Crippen LogP contribution >= 0.6 is 15.9 Å². The third kappa shape index (κ3) is 2.80. The van der Waals surface area contributed by atoms with Gasteiger partial charge in [-0.05, 0) is 25.0 Å². The van der Waals surface area contributed by atoms with Gasteiger partial charge in [-0.1, -0.05) is 15.9 Å². The van der Waals surface area contributed by atoms with Gasteiger partial charge in [0.2, 0.25) is 0 Å². The van der Waals surface area contributed by atoms with E-state index in [0.717, 1.165) is 35.4 Å². The van der Waals surface area contributed by atoms with Crippen molar-refractivity contribution < 1.29 is 0 Å². The number of hydrogen-bond donors (Lipinski definition) is 0. The maximum atomic E-state index is 4.71. The molecule has 4 rings (SSSR count). The van der Waals surface area contributed by atoms with Gasteiger partial charge < -0.3 is 8.97 Å². The normalized spacial score (nSPS) is 17.3. The molecule has 0 saturated carbocycles. The molecule has 0 N–H and O–H groups in total. The van der Waals surface area contributed by atoms with Gasteiger partial charge in [0.25, 0.3) is 0 Å². The van der Waals surface area contributed by atoms with Gasteiger partial charge in [0.05, 0.1) is 12.0 Å². The summed E-state index contributed by atoms with van der Waals surface area (Å²) in [6, 6.07) is 4.68. The second-order valence-electron chi connectivity index (χ2n) is 5.86. The Bertz CT molecular complexity index is 756. The number of nitrogens with zero attached hydrogens (tertiary/aromatic N) is 5. The monoisotopic (exact) mass is 359 g/mol. The third-order valence-corrected chi connectivity index (χ3v) is 4.85. The lowest BCUT2D eigenvalue weighted by Crippen LogP contribution is -2.34. The smallest absolute Gasteiger partial charge is 0.138 e. The van der Waals surface area contributed by atoms with Gasteiger partial charge in [0, 0.05) is 54.9 Å². The van der Waals surface area contributed by atoms with Crippen LogP contribution in [0.5, 0.6) is 0 Å². The molecule has 3 aromatic rings. The van der Waals surface area contributed by atoms with Gasteiger partial charge >= 0.3 is 0 Å². The van der Waals surface area contributed by atoms with Gasteiger partial charge in [-0.2, -0.15) is 0 Å². The molecule has 1 fully saturated rings. The highest BCUT2D eigenvalue weighted by Crippen LogP contribution is 2.23. The molecular weight excluding hydrogens is 342 g/mol. The Kier molecular flexibility index (Phi) is 3.72. The molecule has 0 aromatic carbocycles. The predicted molar refractivity (Wildman–Crippen MR) is 88.7 cm³/mol. The number of halogens is 1. The molecule has 0 amide bonds. The Morgan fingerprint density at radius 1 is 1.23 bits per heavy atom. The molecule has 0 bridgehead atoms. The molecule has 5 nitrogen and oxygen atoms in total. The Morgan fingerprint density at radius 3 is 2.86 bits per heavy atom. The van der Waals surface area contributed by atoms with Crippen LogP contribution in [0.3, 0.4) is 0 Å². The van der Waals surface area contributed by atoms with E-state index < -0.39 is 0 Å². The minimum Gasteiger partial charge on any atom is -0.334 e. The first-order valence-electron chi connectivity index (χ1n) is 7.61. The molecule has 3 aromatic heterocycles. The molecule has 0 aliphatic carbocycles. The lowest BCUT2D eigenvalue weighted by atomic mass is 10.0. The summed E-state index contributed by atoms with van der Waals surface area (Å²) in [6.45, 7) is 3.15. The van der Waals surface area contributed by atoms with Crippen molar-refractivity contribution in [2.45, 2.75) is 25.4 Å². The van der Waals surface area contributed by atoms with E-state index in [9.17, 15) is 0 Å². The summed E-state index contributed by atoms with van der Waals surface area (Å²) >= 11 is 3.49. The first-order valence-corrected chi connectivity index (χ1v) is 8.40. The van der Waals surface area contributed by atoms with Crippen LogP contribution in [0, 0.1) is 0 Å². The highest BCUT2D eigenvalue weighted by atomic mass is 79.9. The molecule has 6 heteroatoms. The summed E-state index contributed by atoms with van der Waals surface area (Å²) in [5.74, 6) is 0. The zero-order valence-corrected chi connectivity index (χ0v) is 13.9. The summed E-state index contributed by atoms with van der Waals surface area (Å²) < 4.78 is 5.39. The van der Waals surface area contributed by atoms with Crippen LogP contribution in [0.25, 0.3) is 5.65 Å². The molecule has 0 spiro atoms. The Labute approximate surface area is 137 Å². The van der Waals surface area contributed by atoms with Gasteiger partial charge in [-0.3, -0.25) is 4.90 Å². The van der Waals surface area contributed by atoms with Crippen LogP contribution in [-0.2, 0) is 6.54 Å². The maximum absolute atomic E-state index is 4.71. The van der Waals surface area contributed by atoms with Crippen molar-refractivity contribution in [3.8, 4) is 0 Å². The summed E-state index contributed by atoms with van der Waals surface area (Å²) in [6.07, 6.45) is 12.4. The topological polar surface area (TPSA) is 38.4 Å². The highest BCUT2D eigenvalue weighted by molar-refractivity contribution is 9.10. The second kappa shape index (κ2) is 5.85. The number of aromatic nitrogens is 4. The molecular formula is C16H18BrN5. The second-order valence-corrected chi connectivity index (χ2v) is 6.78. The third-order valence-electron chi connectivity index (χ3n) is 4.36. The van der Waals surface area contributed by atoms with Gasteiger partial charge in [-0.15, -0.1) is 0 Å². The number of rotatable bonds is 3. The maximum Gasteiger partial charge on any atom is 0.138 e. The zero-order chi connectivity index (χ0) is 14.9. The van der Waals surface area contributed by atoms with Crippen molar-refractivity contribution >= 4 is 21.6 Å². The molecule has 4 heterocycles. The minimum atomic E-state index is 0.593. The van der Waals surface area contributed by atoms with Crippen LogP contribution in [0.1, 0.15) is 24.6 Å². The zero-order valence-electron chi connectivity index (χ0n) is 12.3. The predicted octanol–water partition coefficient (Wildman–Crippen LogP) is 3.13. The number of likely N-dealkylation sites (tertiary alicyclic amines) is 1. The molecule has 1 aliphatic heterocycles. The van der Waals surface area contributed by atoms with Crippen LogP contribution in [0.2, 0.25) is 0 Å². The van der Waals surface area contributed by atoms with E-state index in [4.69, 9.17) is 4.98 Å². The fourth-order valence-electron chi connectivity index (χ4n) is 3.18. The number of pyridine rings is 1. The summed E-state index contributed by atoms with van der Waals surface area (Å²) in [7, 11) is 0. The Hall–Kier alpha value is -1.66. The molecule has 1 aliphatic rings. The molecule has 0 unspecified atom stereocenters. The standard InChI is InChI=1S/C16H18BrN5/c17-13-1-7-21-11-14(19-16(21)9-13)10-20-5-2-15(3-6-20)22-8-4-18-12-22/h1,4,7-9,11-12,15H,2-3,5-6,10H2. The Morgan fingerprint density at radius 2 is 2.09 bits per heavy atom.